The van der Waals surface area contributed by atoms with Crippen LogP contribution in [0, 0.1) is 0 Å². The third-order valence-electron chi connectivity index (χ3n) is 4.97. The lowest BCUT2D eigenvalue weighted by atomic mass is 10.0. The number of aromatic nitrogens is 1. The lowest BCUT2D eigenvalue weighted by Crippen LogP contribution is -2.22. The second-order valence-corrected chi connectivity index (χ2v) is 7.43. The fourth-order valence-electron chi connectivity index (χ4n) is 3.61. The molecule has 2 N–H and O–H groups in total. The number of hydrogen-bond donors (Lipinski definition) is 2. The SMILES string of the molecule is CCCc1[nH]c2cc(C(=O)NCc3cc4c(cc3Cl)OCO4)ccc2c1C(C)=O. The molecule has 0 fully saturated rings. The second kappa shape index (κ2) is 7.79. The average Bonchev–Trinajstić information content (AvgIpc) is 3.28. The Bertz CT molecular complexity index is 1120. The van der Waals surface area contributed by atoms with Crippen LogP contribution in [0.15, 0.2) is 30.3 Å². The third kappa shape index (κ3) is 3.68. The number of aromatic amines is 1. The van der Waals surface area contributed by atoms with E-state index >= 15 is 0 Å². The summed E-state index contributed by atoms with van der Waals surface area (Å²) in [5.41, 5.74) is 3.66. The van der Waals surface area contributed by atoms with E-state index in [0.717, 1.165) is 35.0 Å². The molecule has 6 nitrogen and oxygen atoms in total. The number of nitrogens with one attached hydrogen (secondary N) is 2. The molecule has 7 heteroatoms. The zero-order valence-electron chi connectivity index (χ0n) is 16.2. The highest BCUT2D eigenvalue weighted by Crippen LogP contribution is 2.36. The smallest absolute Gasteiger partial charge is 0.251 e. The number of halogens is 1. The number of aryl methyl sites for hydroxylation is 1. The third-order valence-corrected chi connectivity index (χ3v) is 5.32. The van der Waals surface area contributed by atoms with Crippen LogP contribution in [0.5, 0.6) is 11.5 Å². The van der Waals surface area contributed by atoms with Crippen molar-refractivity contribution in [2.24, 2.45) is 0 Å². The monoisotopic (exact) mass is 412 g/mol. The normalized spacial score (nSPS) is 12.4. The molecule has 3 aromatic rings. The van der Waals surface area contributed by atoms with Crippen LogP contribution in [0.2, 0.25) is 5.02 Å². The summed E-state index contributed by atoms with van der Waals surface area (Å²) in [6.45, 7) is 4.06. The fourth-order valence-corrected chi connectivity index (χ4v) is 3.83. The van der Waals surface area contributed by atoms with Gasteiger partial charge in [-0.25, -0.2) is 0 Å². The van der Waals surface area contributed by atoms with Crippen LogP contribution in [-0.4, -0.2) is 23.5 Å². The lowest BCUT2D eigenvalue weighted by molar-refractivity contribution is 0.0950. The highest BCUT2D eigenvalue weighted by molar-refractivity contribution is 6.31. The summed E-state index contributed by atoms with van der Waals surface area (Å²) >= 11 is 6.27. The average molecular weight is 413 g/mol. The van der Waals surface area contributed by atoms with E-state index in [0.29, 0.717) is 27.6 Å². The Labute approximate surface area is 173 Å². The topological polar surface area (TPSA) is 80.4 Å². The van der Waals surface area contributed by atoms with Gasteiger partial charge in [-0.15, -0.1) is 0 Å². The molecule has 2 heterocycles. The molecule has 0 saturated heterocycles. The van der Waals surface area contributed by atoms with Crippen LogP contribution >= 0.6 is 11.6 Å². The van der Waals surface area contributed by atoms with Crippen molar-refractivity contribution < 1.29 is 19.1 Å². The van der Waals surface area contributed by atoms with Gasteiger partial charge in [-0.2, -0.15) is 0 Å². The molecule has 1 amide bonds. The molecule has 0 bridgehead atoms. The van der Waals surface area contributed by atoms with Crippen LogP contribution in [0.4, 0.5) is 0 Å². The highest BCUT2D eigenvalue weighted by atomic mass is 35.5. The van der Waals surface area contributed by atoms with Crippen molar-refractivity contribution in [3.63, 3.8) is 0 Å². The van der Waals surface area contributed by atoms with Crippen LogP contribution in [0.1, 0.15) is 52.2 Å². The number of rotatable bonds is 6. The molecule has 1 aromatic heterocycles. The van der Waals surface area contributed by atoms with E-state index in [-0.39, 0.29) is 25.0 Å². The number of Topliss-reactive ketones (excluding diaryl/α,β-unsaturated/α-hetero) is 1. The van der Waals surface area contributed by atoms with Gasteiger partial charge >= 0.3 is 0 Å². The van der Waals surface area contributed by atoms with Crippen LogP contribution in [0.25, 0.3) is 10.9 Å². The van der Waals surface area contributed by atoms with E-state index in [1.165, 1.54) is 0 Å². The van der Waals surface area contributed by atoms with Gasteiger partial charge in [-0.3, -0.25) is 9.59 Å². The van der Waals surface area contributed by atoms with Crippen molar-refractivity contribution in [3.05, 3.63) is 57.7 Å². The number of fused-ring (bicyclic) bond motifs is 2. The zero-order chi connectivity index (χ0) is 20.5. The van der Waals surface area contributed by atoms with Crippen LogP contribution < -0.4 is 14.8 Å². The molecular weight excluding hydrogens is 392 g/mol. The standard InChI is InChI=1S/C22H21ClN2O4/c1-3-4-17-21(12(2)26)15-6-5-13(7-18(15)25-17)22(27)24-10-14-8-19-20(9-16(14)23)29-11-28-19/h5-9,25H,3-4,10-11H2,1-2H3,(H,24,27). The van der Waals surface area contributed by atoms with Crippen LogP contribution in [0.3, 0.4) is 0 Å². The number of amides is 1. The van der Waals surface area contributed by atoms with Crippen molar-refractivity contribution in [1.29, 1.82) is 0 Å². The first-order valence-electron chi connectivity index (χ1n) is 9.49. The first-order chi connectivity index (χ1) is 14.0. The van der Waals surface area contributed by atoms with Gasteiger partial charge in [0.15, 0.2) is 17.3 Å². The molecule has 0 atom stereocenters. The highest BCUT2D eigenvalue weighted by Gasteiger charge is 2.18. The Morgan fingerprint density at radius 2 is 1.93 bits per heavy atom. The zero-order valence-corrected chi connectivity index (χ0v) is 17.0. The Kier molecular flexibility index (Phi) is 5.20. The Morgan fingerprint density at radius 3 is 2.66 bits per heavy atom. The van der Waals surface area contributed by atoms with Gasteiger partial charge in [-0.05, 0) is 37.1 Å². The van der Waals surface area contributed by atoms with Crippen molar-refractivity contribution in [2.45, 2.75) is 33.2 Å². The van der Waals surface area contributed by atoms with E-state index < -0.39 is 0 Å². The first-order valence-corrected chi connectivity index (χ1v) is 9.87. The van der Waals surface area contributed by atoms with E-state index in [4.69, 9.17) is 21.1 Å². The van der Waals surface area contributed by atoms with E-state index in [2.05, 4.69) is 17.2 Å². The summed E-state index contributed by atoms with van der Waals surface area (Å²) in [5.74, 6) is 1.02. The lowest BCUT2D eigenvalue weighted by Gasteiger charge is -2.08. The predicted molar refractivity (Wildman–Crippen MR) is 111 cm³/mol. The molecule has 1 aliphatic heterocycles. The fraction of sp³-hybridized carbons (Fsp3) is 0.273. The maximum absolute atomic E-state index is 12.7. The Morgan fingerprint density at radius 1 is 1.17 bits per heavy atom. The molecule has 29 heavy (non-hydrogen) atoms. The number of benzene rings is 2. The molecule has 1 aliphatic rings. The minimum absolute atomic E-state index is 0.0225. The number of carbonyl (C=O) groups excluding carboxylic acids is 2. The van der Waals surface area contributed by atoms with E-state index in [1.807, 2.05) is 6.07 Å². The molecule has 0 radical (unpaired) electrons. The number of ketones is 1. The van der Waals surface area contributed by atoms with Crippen LogP contribution in [-0.2, 0) is 13.0 Å². The van der Waals surface area contributed by atoms with Gasteiger partial charge in [0.05, 0.1) is 0 Å². The summed E-state index contributed by atoms with van der Waals surface area (Å²) < 4.78 is 10.7. The Balaban J connectivity index is 1.55. The van der Waals surface area contributed by atoms with E-state index in [1.54, 1.807) is 31.2 Å². The number of carbonyl (C=O) groups is 2. The minimum atomic E-state index is -0.225. The summed E-state index contributed by atoms with van der Waals surface area (Å²) in [4.78, 5) is 28.0. The minimum Gasteiger partial charge on any atom is -0.454 e. The first kappa shape index (κ1) is 19.3. The number of H-pyrrole nitrogens is 1. The molecular formula is C22H21ClN2O4. The van der Waals surface area contributed by atoms with Gasteiger partial charge in [0.25, 0.3) is 5.91 Å². The van der Waals surface area contributed by atoms with Crippen molar-refractivity contribution in [2.75, 3.05) is 6.79 Å². The van der Waals surface area contributed by atoms with E-state index in [9.17, 15) is 9.59 Å². The molecule has 0 aliphatic carbocycles. The van der Waals surface area contributed by atoms with Gasteiger partial charge in [0, 0.05) is 45.4 Å². The van der Waals surface area contributed by atoms with Gasteiger partial charge in [0.2, 0.25) is 6.79 Å². The maximum Gasteiger partial charge on any atom is 0.251 e. The molecule has 0 saturated carbocycles. The molecule has 0 unspecified atom stereocenters. The second-order valence-electron chi connectivity index (χ2n) is 7.02. The van der Waals surface area contributed by atoms with Gasteiger partial charge in [0.1, 0.15) is 0 Å². The molecule has 150 valence electrons. The molecule has 4 rings (SSSR count). The molecule has 0 spiro atoms. The summed E-state index contributed by atoms with van der Waals surface area (Å²) in [6, 6.07) is 8.79. The number of hydrogen-bond acceptors (Lipinski definition) is 4. The summed E-state index contributed by atoms with van der Waals surface area (Å²) in [6.07, 6.45) is 1.71. The van der Waals surface area contributed by atoms with Gasteiger partial charge < -0.3 is 19.8 Å². The van der Waals surface area contributed by atoms with Crippen molar-refractivity contribution in [1.82, 2.24) is 10.3 Å². The van der Waals surface area contributed by atoms with Gasteiger partial charge in [-0.1, -0.05) is 31.0 Å². The largest absolute Gasteiger partial charge is 0.454 e. The van der Waals surface area contributed by atoms with Crippen molar-refractivity contribution in [3.8, 4) is 11.5 Å². The summed E-state index contributed by atoms with van der Waals surface area (Å²) in [7, 11) is 0. The predicted octanol–water partition coefficient (Wildman–Crippen LogP) is 4.64. The van der Waals surface area contributed by atoms with Crippen molar-refractivity contribution >= 4 is 34.2 Å². The molecule has 2 aromatic carbocycles. The Hall–Kier alpha value is -2.99. The maximum atomic E-state index is 12.7. The number of ether oxygens (including phenoxy) is 2. The quantitative estimate of drug-likeness (QED) is 0.578. The summed E-state index contributed by atoms with van der Waals surface area (Å²) in [5, 5.41) is 4.23.